The lowest BCUT2D eigenvalue weighted by Gasteiger charge is -2.25. The molecule has 0 aliphatic carbocycles. The van der Waals surface area contributed by atoms with Crippen LogP contribution >= 0.6 is 0 Å². The van der Waals surface area contributed by atoms with Gasteiger partial charge in [0.1, 0.15) is 0 Å². The van der Waals surface area contributed by atoms with Crippen LogP contribution in [0, 0.1) is 17.0 Å². The second-order valence-electron chi connectivity index (χ2n) is 6.35. The van der Waals surface area contributed by atoms with Gasteiger partial charge in [-0.2, -0.15) is 0 Å². The molecular formula is C20H23N3O4. The first-order chi connectivity index (χ1) is 12.8. The van der Waals surface area contributed by atoms with Crippen molar-refractivity contribution in [3.63, 3.8) is 0 Å². The lowest BCUT2D eigenvalue weighted by Crippen LogP contribution is -2.33. The van der Waals surface area contributed by atoms with Gasteiger partial charge in [0.15, 0.2) is 0 Å². The van der Waals surface area contributed by atoms with E-state index in [9.17, 15) is 19.7 Å². The van der Waals surface area contributed by atoms with Gasteiger partial charge in [-0.15, -0.1) is 0 Å². The number of carbonyl (C=O) groups is 2. The summed E-state index contributed by atoms with van der Waals surface area (Å²) in [7, 11) is 1.65. The molecule has 1 atom stereocenters. The molecule has 142 valence electrons. The Hall–Kier alpha value is -3.22. The largest absolute Gasteiger partial charge is 0.352 e. The Labute approximate surface area is 158 Å². The maximum atomic E-state index is 12.4. The zero-order valence-corrected chi connectivity index (χ0v) is 15.6. The van der Waals surface area contributed by atoms with E-state index in [-0.39, 0.29) is 36.5 Å². The maximum absolute atomic E-state index is 12.4. The van der Waals surface area contributed by atoms with E-state index in [4.69, 9.17) is 0 Å². The van der Waals surface area contributed by atoms with Gasteiger partial charge in [0, 0.05) is 37.7 Å². The van der Waals surface area contributed by atoms with E-state index in [0.717, 1.165) is 5.56 Å². The number of benzene rings is 2. The van der Waals surface area contributed by atoms with Gasteiger partial charge in [0.2, 0.25) is 5.91 Å². The molecule has 2 rings (SSSR count). The third-order valence-corrected chi connectivity index (χ3v) is 4.55. The zero-order chi connectivity index (χ0) is 20.0. The summed E-state index contributed by atoms with van der Waals surface area (Å²) in [4.78, 5) is 36.6. The van der Waals surface area contributed by atoms with Gasteiger partial charge in [0.25, 0.3) is 11.6 Å². The minimum Gasteiger partial charge on any atom is -0.352 e. The van der Waals surface area contributed by atoms with Crippen LogP contribution in [0.4, 0.5) is 5.69 Å². The van der Waals surface area contributed by atoms with E-state index in [0.29, 0.717) is 11.1 Å². The SMILES string of the molecule is Cc1ccccc1C(=O)NCCC(=O)N(C)[C@H](C)c1cccc([N+](=O)[O-])c1. The number of hydrogen-bond acceptors (Lipinski definition) is 4. The quantitative estimate of drug-likeness (QED) is 0.599. The van der Waals surface area contributed by atoms with Crippen LogP contribution in [-0.2, 0) is 4.79 Å². The molecule has 27 heavy (non-hydrogen) atoms. The Morgan fingerprint density at radius 2 is 1.89 bits per heavy atom. The van der Waals surface area contributed by atoms with E-state index in [1.54, 1.807) is 31.3 Å². The minimum atomic E-state index is -0.459. The minimum absolute atomic E-state index is 0.00862. The monoisotopic (exact) mass is 369 g/mol. The van der Waals surface area contributed by atoms with Crippen molar-refractivity contribution in [1.29, 1.82) is 0 Å². The van der Waals surface area contributed by atoms with Crippen LogP contribution in [0.5, 0.6) is 0 Å². The van der Waals surface area contributed by atoms with Crippen molar-refractivity contribution < 1.29 is 14.5 Å². The summed E-state index contributed by atoms with van der Waals surface area (Å²) < 4.78 is 0. The normalized spacial score (nSPS) is 11.5. The van der Waals surface area contributed by atoms with Crippen LogP contribution < -0.4 is 5.32 Å². The number of hydrogen-bond donors (Lipinski definition) is 1. The summed E-state index contributed by atoms with van der Waals surface area (Å²) in [5, 5.41) is 13.7. The highest BCUT2D eigenvalue weighted by Crippen LogP contribution is 2.23. The average molecular weight is 369 g/mol. The van der Waals surface area contributed by atoms with E-state index in [2.05, 4.69) is 5.32 Å². The fourth-order valence-corrected chi connectivity index (χ4v) is 2.72. The first kappa shape index (κ1) is 20.1. The number of nitro benzene ring substituents is 1. The second-order valence-corrected chi connectivity index (χ2v) is 6.35. The predicted octanol–water partition coefficient (Wildman–Crippen LogP) is 3.24. The van der Waals surface area contributed by atoms with Gasteiger partial charge in [-0.25, -0.2) is 0 Å². The zero-order valence-electron chi connectivity index (χ0n) is 15.6. The highest BCUT2D eigenvalue weighted by molar-refractivity contribution is 5.95. The van der Waals surface area contributed by atoms with Gasteiger partial charge in [0.05, 0.1) is 11.0 Å². The first-order valence-electron chi connectivity index (χ1n) is 8.65. The molecule has 0 fully saturated rings. The number of carbonyl (C=O) groups excluding carboxylic acids is 2. The van der Waals surface area contributed by atoms with Gasteiger partial charge in [-0.3, -0.25) is 19.7 Å². The lowest BCUT2D eigenvalue weighted by atomic mass is 10.1. The Bertz CT molecular complexity index is 851. The van der Waals surface area contributed by atoms with Crippen molar-refractivity contribution in [2.24, 2.45) is 0 Å². The summed E-state index contributed by atoms with van der Waals surface area (Å²) in [5.41, 5.74) is 2.13. The van der Waals surface area contributed by atoms with E-state index in [1.807, 2.05) is 26.0 Å². The molecular weight excluding hydrogens is 346 g/mol. The molecule has 0 bridgehead atoms. The van der Waals surface area contributed by atoms with Gasteiger partial charge in [-0.05, 0) is 31.0 Å². The van der Waals surface area contributed by atoms with Gasteiger partial charge in [-0.1, -0.05) is 30.3 Å². The molecule has 0 saturated carbocycles. The molecule has 7 heteroatoms. The molecule has 0 saturated heterocycles. The standard InChI is InChI=1S/C20H23N3O4/c1-14-7-4-5-10-18(14)20(25)21-12-11-19(24)22(3)15(2)16-8-6-9-17(13-16)23(26)27/h4-10,13,15H,11-12H2,1-3H3,(H,21,25)/t15-/m1/s1. The van der Waals surface area contributed by atoms with Crippen LogP contribution in [0.25, 0.3) is 0 Å². The van der Waals surface area contributed by atoms with E-state index in [1.165, 1.54) is 17.0 Å². The second kappa shape index (κ2) is 8.93. The molecule has 0 unspecified atom stereocenters. The number of rotatable bonds is 7. The third-order valence-electron chi connectivity index (χ3n) is 4.55. The van der Waals surface area contributed by atoms with Crippen molar-refractivity contribution in [3.8, 4) is 0 Å². The summed E-state index contributed by atoms with van der Waals surface area (Å²) in [6.45, 7) is 3.88. The Morgan fingerprint density at radius 1 is 1.19 bits per heavy atom. The number of amides is 2. The number of nitrogens with zero attached hydrogens (tertiary/aromatic N) is 2. The van der Waals surface area contributed by atoms with E-state index < -0.39 is 4.92 Å². The van der Waals surface area contributed by atoms with Crippen molar-refractivity contribution in [1.82, 2.24) is 10.2 Å². The number of non-ortho nitro benzene ring substituents is 1. The molecule has 0 radical (unpaired) electrons. The molecule has 2 amide bonds. The molecule has 0 aliphatic rings. The van der Waals surface area contributed by atoms with Crippen molar-refractivity contribution in [2.45, 2.75) is 26.3 Å². The summed E-state index contributed by atoms with van der Waals surface area (Å²) >= 11 is 0. The molecule has 0 aromatic heterocycles. The number of nitrogens with one attached hydrogen (secondary N) is 1. The third kappa shape index (κ3) is 5.13. The van der Waals surface area contributed by atoms with Crippen LogP contribution in [-0.4, -0.2) is 35.2 Å². The average Bonchev–Trinajstić information content (AvgIpc) is 2.67. The van der Waals surface area contributed by atoms with Crippen LogP contribution in [0.1, 0.15) is 40.9 Å². The summed E-state index contributed by atoms with van der Waals surface area (Å²) in [6.07, 6.45) is 0.146. The number of aryl methyl sites for hydroxylation is 1. The molecule has 7 nitrogen and oxygen atoms in total. The van der Waals surface area contributed by atoms with Crippen LogP contribution in [0.15, 0.2) is 48.5 Å². The highest BCUT2D eigenvalue weighted by atomic mass is 16.6. The van der Waals surface area contributed by atoms with Crippen molar-refractivity contribution in [2.75, 3.05) is 13.6 Å². The van der Waals surface area contributed by atoms with Crippen LogP contribution in [0.2, 0.25) is 0 Å². The summed E-state index contributed by atoms with van der Waals surface area (Å²) in [6, 6.07) is 13.2. The number of nitro groups is 1. The Balaban J connectivity index is 1.91. The Kier molecular flexibility index (Phi) is 6.65. The first-order valence-corrected chi connectivity index (χ1v) is 8.65. The van der Waals surface area contributed by atoms with Crippen molar-refractivity contribution in [3.05, 3.63) is 75.3 Å². The topological polar surface area (TPSA) is 92.6 Å². The molecule has 0 spiro atoms. The lowest BCUT2D eigenvalue weighted by molar-refractivity contribution is -0.384. The van der Waals surface area contributed by atoms with Gasteiger partial charge >= 0.3 is 0 Å². The predicted molar refractivity (Wildman–Crippen MR) is 102 cm³/mol. The van der Waals surface area contributed by atoms with E-state index >= 15 is 0 Å². The Morgan fingerprint density at radius 3 is 2.56 bits per heavy atom. The molecule has 0 aliphatic heterocycles. The fraction of sp³-hybridized carbons (Fsp3) is 0.300. The molecule has 1 N–H and O–H groups in total. The fourth-order valence-electron chi connectivity index (χ4n) is 2.72. The molecule has 0 heterocycles. The van der Waals surface area contributed by atoms with Gasteiger partial charge < -0.3 is 10.2 Å². The van der Waals surface area contributed by atoms with Crippen LogP contribution in [0.3, 0.4) is 0 Å². The van der Waals surface area contributed by atoms with Crippen molar-refractivity contribution >= 4 is 17.5 Å². The summed E-state index contributed by atoms with van der Waals surface area (Å²) in [5.74, 6) is -0.366. The molecule has 2 aromatic carbocycles. The highest BCUT2D eigenvalue weighted by Gasteiger charge is 2.19. The smallest absolute Gasteiger partial charge is 0.269 e. The maximum Gasteiger partial charge on any atom is 0.269 e. The molecule has 2 aromatic rings.